The van der Waals surface area contributed by atoms with Crippen LogP contribution >= 0.6 is 11.8 Å². The number of amides is 2. The van der Waals surface area contributed by atoms with Crippen LogP contribution in [-0.2, 0) is 0 Å². The van der Waals surface area contributed by atoms with Crippen molar-refractivity contribution in [1.29, 1.82) is 0 Å². The maximum Gasteiger partial charge on any atom is 0.319 e. The van der Waals surface area contributed by atoms with Gasteiger partial charge in [-0.2, -0.15) is 8.78 Å². The molecule has 0 aliphatic carbocycles. The highest BCUT2D eigenvalue weighted by Gasteiger charge is 2.23. The Labute approximate surface area is 127 Å². The van der Waals surface area contributed by atoms with Gasteiger partial charge < -0.3 is 15.7 Å². The van der Waals surface area contributed by atoms with Crippen LogP contribution in [0.4, 0.5) is 19.3 Å². The first-order chi connectivity index (χ1) is 9.88. The summed E-state index contributed by atoms with van der Waals surface area (Å²) in [4.78, 5) is 12.3. The van der Waals surface area contributed by atoms with E-state index < -0.39 is 11.3 Å². The molecule has 0 saturated carbocycles. The maximum absolute atomic E-state index is 12.2. The molecule has 0 heterocycles. The van der Waals surface area contributed by atoms with Crippen LogP contribution in [0.1, 0.15) is 26.7 Å². The standard InChI is InChI=1S/C14H20F2N2O2S/c1-3-14(2,8-9-19)18-13(20)17-10-4-6-11(7-5-10)21-12(15)16/h4-7,12,19H,3,8-9H2,1-2H3,(H2,17,18,20). The van der Waals surface area contributed by atoms with Gasteiger partial charge in [-0.05, 0) is 44.0 Å². The molecule has 2 amide bonds. The molecule has 0 bridgehead atoms. The topological polar surface area (TPSA) is 61.4 Å². The molecule has 1 rings (SSSR count). The van der Waals surface area contributed by atoms with Gasteiger partial charge in [0.25, 0.3) is 5.76 Å². The maximum atomic E-state index is 12.2. The first-order valence-corrected chi connectivity index (χ1v) is 7.51. The van der Waals surface area contributed by atoms with Gasteiger partial charge in [-0.15, -0.1) is 0 Å². The summed E-state index contributed by atoms with van der Waals surface area (Å²) in [6.45, 7) is 3.77. The highest BCUT2D eigenvalue weighted by atomic mass is 32.2. The number of rotatable bonds is 7. The minimum atomic E-state index is -2.46. The summed E-state index contributed by atoms with van der Waals surface area (Å²) in [6.07, 6.45) is 1.14. The fraction of sp³-hybridized carbons (Fsp3) is 0.500. The number of carbonyl (C=O) groups excluding carboxylic acids is 1. The fourth-order valence-corrected chi connectivity index (χ4v) is 2.23. The van der Waals surface area contributed by atoms with Crippen LogP contribution < -0.4 is 10.6 Å². The number of anilines is 1. The van der Waals surface area contributed by atoms with Crippen molar-refractivity contribution in [3.8, 4) is 0 Å². The number of benzene rings is 1. The van der Waals surface area contributed by atoms with Gasteiger partial charge in [0.2, 0.25) is 0 Å². The van der Waals surface area contributed by atoms with E-state index in [1.165, 1.54) is 12.1 Å². The molecule has 0 aromatic heterocycles. The summed E-state index contributed by atoms with van der Waals surface area (Å²) in [5, 5.41) is 14.4. The minimum absolute atomic E-state index is 0.00975. The average molecular weight is 318 g/mol. The predicted molar refractivity (Wildman–Crippen MR) is 80.9 cm³/mol. The van der Waals surface area contributed by atoms with Crippen LogP contribution in [0.2, 0.25) is 0 Å². The lowest BCUT2D eigenvalue weighted by atomic mass is 9.95. The Morgan fingerprint density at radius 1 is 1.38 bits per heavy atom. The monoisotopic (exact) mass is 318 g/mol. The van der Waals surface area contributed by atoms with Crippen molar-refractivity contribution in [2.75, 3.05) is 11.9 Å². The Morgan fingerprint density at radius 2 is 2.00 bits per heavy atom. The molecule has 7 heteroatoms. The summed E-state index contributed by atoms with van der Waals surface area (Å²) in [6, 6.07) is 5.81. The van der Waals surface area contributed by atoms with Crippen molar-refractivity contribution in [1.82, 2.24) is 5.32 Å². The molecular weight excluding hydrogens is 298 g/mol. The molecule has 0 saturated heterocycles. The number of hydrogen-bond donors (Lipinski definition) is 3. The van der Waals surface area contributed by atoms with Crippen molar-refractivity contribution in [2.45, 2.75) is 42.9 Å². The average Bonchev–Trinajstić information content (AvgIpc) is 2.40. The Morgan fingerprint density at radius 3 is 2.48 bits per heavy atom. The number of aliphatic hydroxyl groups excluding tert-OH is 1. The molecule has 0 aliphatic heterocycles. The van der Waals surface area contributed by atoms with Crippen LogP contribution in [-0.4, -0.2) is 29.0 Å². The lowest BCUT2D eigenvalue weighted by molar-refractivity contribution is 0.208. The van der Waals surface area contributed by atoms with Gasteiger partial charge in [-0.25, -0.2) is 4.79 Å². The second-order valence-electron chi connectivity index (χ2n) is 4.87. The quantitative estimate of drug-likeness (QED) is 0.672. The third kappa shape index (κ3) is 6.31. The van der Waals surface area contributed by atoms with E-state index in [0.717, 1.165) is 0 Å². The minimum Gasteiger partial charge on any atom is -0.396 e. The number of urea groups is 1. The zero-order chi connectivity index (χ0) is 15.9. The Bertz CT molecular complexity index is 457. The van der Waals surface area contributed by atoms with Gasteiger partial charge in [-0.1, -0.05) is 18.7 Å². The molecule has 0 radical (unpaired) electrons. The third-order valence-corrected chi connectivity index (χ3v) is 3.92. The van der Waals surface area contributed by atoms with Gasteiger partial charge in [0.15, 0.2) is 0 Å². The molecule has 0 aliphatic rings. The van der Waals surface area contributed by atoms with Crippen molar-refractivity contribution in [3.63, 3.8) is 0 Å². The molecule has 0 spiro atoms. The van der Waals surface area contributed by atoms with E-state index >= 15 is 0 Å². The number of thioether (sulfide) groups is 1. The molecule has 1 aromatic rings. The summed E-state index contributed by atoms with van der Waals surface area (Å²) < 4.78 is 24.4. The summed E-state index contributed by atoms with van der Waals surface area (Å²) in [7, 11) is 0. The van der Waals surface area contributed by atoms with E-state index in [-0.39, 0.29) is 12.6 Å². The van der Waals surface area contributed by atoms with Crippen molar-refractivity contribution < 1.29 is 18.7 Å². The lowest BCUT2D eigenvalue weighted by Crippen LogP contribution is -2.48. The van der Waals surface area contributed by atoms with E-state index in [1.54, 1.807) is 12.1 Å². The molecule has 4 nitrogen and oxygen atoms in total. The van der Waals surface area contributed by atoms with E-state index in [1.807, 2.05) is 13.8 Å². The molecule has 21 heavy (non-hydrogen) atoms. The highest BCUT2D eigenvalue weighted by molar-refractivity contribution is 7.99. The molecule has 1 aromatic carbocycles. The van der Waals surface area contributed by atoms with Crippen molar-refractivity contribution in [2.24, 2.45) is 0 Å². The van der Waals surface area contributed by atoms with Crippen molar-refractivity contribution >= 4 is 23.5 Å². The van der Waals surface area contributed by atoms with E-state index in [9.17, 15) is 13.6 Å². The fourth-order valence-electron chi connectivity index (χ4n) is 1.73. The predicted octanol–water partition coefficient (Wildman–Crippen LogP) is 3.67. The number of aliphatic hydroxyl groups is 1. The molecule has 1 atom stereocenters. The second-order valence-corrected chi connectivity index (χ2v) is 5.93. The first-order valence-electron chi connectivity index (χ1n) is 6.63. The molecule has 0 fully saturated rings. The smallest absolute Gasteiger partial charge is 0.319 e. The second kappa shape index (κ2) is 8.19. The van der Waals surface area contributed by atoms with Crippen molar-refractivity contribution in [3.05, 3.63) is 24.3 Å². The van der Waals surface area contributed by atoms with E-state index in [2.05, 4.69) is 10.6 Å². The summed E-state index contributed by atoms with van der Waals surface area (Å²) in [5.74, 6) is -2.46. The van der Waals surface area contributed by atoms with Crippen LogP contribution in [0.25, 0.3) is 0 Å². The number of nitrogens with one attached hydrogen (secondary N) is 2. The Balaban J connectivity index is 2.58. The third-order valence-electron chi connectivity index (χ3n) is 3.20. The highest BCUT2D eigenvalue weighted by Crippen LogP contribution is 2.26. The van der Waals surface area contributed by atoms with Crippen LogP contribution in [0.15, 0.2) is 29.2 Å². The zero-order valence-electron chi connectivity index (χ0n) is 12.0. The van der Waals surface area contributed by atoms with Gasteiger partial charge in [-0.3, -0.25) is 0 Å². The molecule has 3 N–H and O–H groups in total. The van der Waals surface area contributed by atoms with Gasteiger partial charge in [0.1, 0.15) is 0 Å². The van der Waals surface area contributed by atoms with E-state index in [4.69, 9.17) is 5.11 Å². The van der Waals surface area contributed by atoms with Crippen LogP contribution in [0.5, 0.6) is 0 Å². The summed E-state index contributed by atoms with van der Waals surface area (Å²) >= 11 is 0.457. The van der Waals surface area contributed by atoms with Crippen LogP contribution in [0, 0.1) is 0 Å². The number of alkyl halides is 2. The van der Waals surface area contributed by atoms with Gasteiger partial charge in [0.05, 0.1) is 0 Å². The lowest BCUT2D eigenvalue weighted by Gasteiger charge is -2.29. The zero-order valence-corrected chi connectivity index (χ0v) is 12.8. The molecular formula is C14H20F2N2O2S. The molecule has 118 valence electrons. The van der Waals surface area contributed by atoms with Gasteiger partial charge in [0, 0.05) is 22.7 Å². The SMILES string of the molecule is CCC(C)(CCO)NC(=O)Nc1ccc(SC(F)F)cc1. The largest absolute Gasteiger partial charge is 0.396 e. The number of hydrogen-bond acceptors (Lipinski definition) is 3. The van der Waals surface area contributed by atoms with Gasteiger partial charge >= 0.3 is 6.03 Å². The Kier molecular flexibility index (Phi) is 6.91. The summed E-state index contributed by atoms with van der Waals surface area (Å²) in [5.41, 5.74) is 0.0400. The number of halogens is 2. The molecule has 1 unspecified atom stereocenters. The van der Waals surface area contributed by atoms with E-state index in [0.29, 0.717) is 35.2 Å². The van der Waals surface area contributed by atoms with Crippen LogP contribution in [0.3, 0.4) is 0 Å². The first kappa shape index (κ1) is 17.7. The Hall–Kier alpha value is -1.34. The normalized spacial score (nSPS) is 13.8. The number of carbonyl (C=O) groups is 1.